The first kappa shape index (κ1) is 33.8. The minimum Gasteiger partial charge on any atom is -0.489 e. The number of aryl methyl sites for hydroxylation is 1. The number of carboxylic acids is 1. The van der Waals surface area contributed by atoms with E-state index >= 15 is 0 Å². The van der Waals surface area contributed by atoms with Crippen LogP contribution < -0.4 is 15.8 Å². The Hall–Kier alpha value is -3.73. The molecule has 0 unspecified atom stereocenters. The molecule has 43 heavy (non-hydrogen) atoms. The molecule has 0 aliphatic heterocycles. The lowest BCUT2D eigenvalue weighted by molar-refractivity contribution is -0.146. The van der Waals surface area contributed by atoms with Gasteiger partial charge in [-0.2, -0.15) is 0 Å². The maximum Gasteiger partial charge on any atom is 0.327 e. The van der Waals surface area contributed by atoms with Crippen LogP contribution in [0, 0.1) is 12.8 Å². The first-order valence-electron chi connectivity index (χ1n) is 14.6. The van der Waals surface area contributed by atoms with Crippen molar-refractivity contribution in [3.63, 3.8) is 0 Å². The Kier molecular flexibility index (Phi) is 12.7. The normalized spacial score (nSPS) is 13.0. The van der Waals surface area contributed by atoms with Crippen LogP contribution in [0.4, 0.5) is 0 Å². The zero-order valence-corrected chi connectivity index (χ0v) is 25.9. The number of nitrogens with one attached hydrogen (secondary N) is 1. The van der Waals surface area contributed by atoms with E-state index in [-0.39, 0.29) is 17.7 Å². The third-order valence-corrected chi connectivity index (χ3v) is 8.76. The summed E-state index contributed by atoms with van der Waals surface area (Å²) >= 11 is 0. The average molecular weight is 610 g/mol. The molecule has 0 aliphatic rings. The van der Waals surface area contributed by atoms with Crippen molar-refractivity contribution in [3.05, 3.63) is 95.6 Å². The molecule has 2 atom stereocenters. The molecule has 0 fully saturated rings. The van der Waals surface area contributed by atoms with Crippen LogP contribution in [0.2, 0.25) is 0 Å². The van der Waals surface area contributed by atoms with Crippen molar-refractivity contribution < 1.29 is 27.9 Å². The minimum atomic E-state index is -4.51. The standard InChI is InChI=1S/C33H43N3O6S/c1-24(2)22-35-20-8-7-11-31(33(38)39)36(43(40,41)29-18-12-25(3)13-19-29)32(37)30(34)21-26-14-16-28(17-15-26)42-23-27-9-5-4-6-10-27/h4-6,9-10,12-19,24,30-31,35H,7-8,11,20-23,34H2,1-3H3,(H,38,39)/t30-,31-/m0/s1. The summed E-state index contributed by atoms with van der Waals surface area (Å²) in [6.45, 7) is 7.86. The molecule has 0 saturated carbocycles. The minimum absolute atomic E-state index is 0.0170. The van der Waals surface area contributed by atoms with Crippen molar-refractivity contribution in [1.29, 1.82) is 0 Å². The number of nitrogens with zero attached hydrogens (tertiary/aromatic N) is 1. The van der Waals surface area contributed by atoms with Crippen LogP contribution in [-0.2, 0) is 32.6 Å². The number of benzene rings is 3. The maximum absolute atomic E-state index is 13.8. The summed E-state index contributed by atoms with van der Waals surface area (Å²) in [5.41, 5.74) is 8.83. The molecule has 0 aromatic heterocycles. The largest absolute Gasteiger partial charge is 0.489 e. The highest BCUT2D eigenvalue weighted by Crippen LogP contribution is 2.24. The number of carboxylic acid groups (broad SMARTS) is 1. The summed E-state index contributed by atoms with van der Waals surface area (Å²) in [5.74, 6) is -1.26. The smallest absolute Gasteiger partial charge is 0.327 e. The van der Waals surface area contributed by atoms with Gasteiger partial charge < -0.3 is 20.9 Å². The van der Waals surface area contributed by atoms with Crippen molar-refractivity contribution in [2.24, 2.45) is 11.7 Å². The van der Waals surface area contributed by atoms with Gasteiger partial charge in [0, 0.05) is 0 Å². The third kappa shape index (κ3) is 10.2. The van der Waals surface area contributed by atoms with Gasteiger partial charge in [-0.25, -0.2) is 17.5 Å². The fourth-order valence-electron chi connectivity index (χ4n) is 4.55. The van der Waals surface area contributed by atoms with Crippen molar-refractivity contribution in [2.75, 3.05) is 13.1 Å². The van der Waals surface area contributed by atoms with Gasteiger partial charge in [0.25, 0.3) is 15.9 Å². The van der Waals surface area contributed by atoms with Gasteiger partial charge in [0.15, 0.2) is 0 Å². The number of ether oxygens (including phenoxy) is 1. The number of aliphatic carboxylic acids is 1. The number of hydrogen-bond donors (Lipinski definition) is 3. The van der Waals surface area contributed by atoms with E-state index in [1.54, 1.807) is 43.3 Å². The molecule has 4 N–H and O–H groups in total. The van der Waals surface area contributed by atoms with E-state index in [0.717, 1.165) is 17.7 Å². The van der Waals surface area contributed by atoms with Gasteiger partial charge in [0.1, 0.15) is 18.4 Å². The molecule has 0 aliphatic carbocycles. The summed E-state index contributed by atoms with van der Waals surface area (Å²) in [4.78, 5) is 26.0. The van der Waals surface area contributed by atoms with E-state index in [1.165, 1.54) is 12.1 Å². The second-order valence-electron chi connectivity index (χ2n) is 11.1. The van der Waals surface area contributed by atoms with Crippen LogP contribution >= 0.6 is 0 Å². The topological polar surface area (TPSA) is 139 Å². The first-order chi connectivity index (χ1) is 20.5. The fraction of sp³-hybridized carbons (Fsp3) is 0.394. The number of nitrogens with two attached hydrogens (primary N) is 1. The molecule has 1 amide bonds. The highest BCUT2D eigenvalue weighted by Gasteiger charge is 2.41. The SMILES string of the molecule is Cc1ccc(S(=O)(=O)N(C(=O)[C@@H](N)Cc2ccc(OCc3ccccc3)cc2)[C@@H](CCCCNCC(C)C)C(=O)O)cc1. The molecule has 0 heterocycles. The lowest BCUT2D eigenvalue weighted by atomic mass is 10.0. The number of sulfonamides is 1. The third-order valence-electron chi connectivity index (χ3n) is 6.94. The Morgan fingerprint density at radius 2 is 1.58 bits per heavy atom. The molecule has 9 nitrogen and oxygen atoms in total. The van der Waals surface area contributed by atoms with Gasteiger partial charge in [-0.05, 0) is 87.0 Å². The van der Waals surface area contributed by atoms with Crippen molar-refractivity contribution >= 4 is 21.9 Å². The van der Waals surface area contributed by atoms with Crippen molar-refractivity contribution in [3.8, 4) is 5.75 Å². The van der Waals surface area contributed by atoms with Crippen LogP contribution in [0.5, 0.6) is 5.75 Å². The van der Waals surface area contributed by atoms with Crippen molar-refractivity contribution in [1.82, 2.24) is 9.62 Å². The number of hydrogen-bond acceptors (Lipinski definition) is 7. The molecule has 10 heteroatoms. The molecule has 3 aromatic rings. The fourth-order valence-corrected chi connectivity index (χ4v) is 6.16. The van der Waals surface area contributed by atoms with E-state index in [9.17, 15) is 23.1 Å². The summed E-state index contributed by atoms with van der Waals surface area (Å²) in [5, 5.41) is 13.4. The average Bonchev–Trinajstić information content (AvgIpc) is 2.98. The second-order valence-corrected chi connectivity index (χ2v) is 12.9. The van der Waals surface area contributed by atoms with E-state index in [2.05, 4.69) is 19.2 Å². The molecular formula is C33H43N3O6S. The molecule has 0 spiro atoms. The van der Waals surface area contributed by atoms with Crippen LogP contribution in [0.15, 0.2) is 83.8 Å². The van der Waals surface area contributed by atoms with Gasteiger partial charge in [-0.1, -0.05) is 74.0 Å². The van der Waals surface area contributed by atoms with E-state index in [1.807, 2.05) is 30.3 Å². The number of amides is 1. The lowest BCUT2D eigenvalue weighted by Gasteiger charge is -2.30. The van der Waals surface area contributed by atoms with E-state index in [4.69, 9.17) is 10.5 Å². The van der Waals surface area contributed by atoms with Crippen LogP contribution in [0.3, 0.4) is 0 Å². The summed E-state index contributed by atoms with van der Waals surface area (Å²) in [6.07, 6.45) is 1.03. The molecule has 232 valence electrons. The van der Waals surface area contributed by atoms with Gasteiger partial charge in [-0.3, -0.25) is 4.79 Å². The summed E-state index contributed by atoms with van der Waals surface area (Å²) in [7, 11) is -4.51. The Morgan fingerprint density at radius 3 is 2.19 bits per heavy atom. The van der Waals surface area contributed by atoms with Crippen LogP contribution in [0.1, 0.15) is 49.8 Å². The lowest BCUT2D eigenvalue weighted by Crippen LogP contribution is -2.54. The summed E-state index contributed by atoms with van der Waals surface area (Å²) < 4.78 is 33.9. The Morgan fingerprint density at radius 1 is 0.930 bits per heavy atom. The predicted octanol–water partition coefficient (Wildman–Crippen LogP) is 4.53. The Labute approximate surface area is 255 Å². The quantitative estimate of drug-likeness (QED) is 0.190. The van der Waals surface area contributed by atoms with Gasteiger partial charge in [0.2, 0.25) is 0 Å². The zero-order valence-electron chi connectivity index (χ0n) is 25.1. The molecule has 3 aromatic carbocycles. The van der Waals surface area contributed by atoms with Crippen LogP contribution in [-0.4, -0.2) is 54.9 Å². The summed E-state index contributed by atoms with van der Waals surface area (Å²) in [6, 6.07) is 19.8. The molecule has 0 saturated heterocycles. The highest BCUT2D eigenvalue weighted by atomic mass is 32.2. The Balaban J connectivity index is 1.77. The number of rotatable bonds is 17. The monoisotopic (exact) mass is 609 g/mol. The maximum atomic E-state index is 13.8. The van der Waals surface area contributed by atoms with Crippen LogP contribution in [0.25, 0.3) is 0 Å². The van der Waals surface area contributed by atoms with Gasteiger partial charge in [0.05, 0.1) is 10.9 Å². The predicted molar refractivity (Wildman–Crippen MR) is 167 cm³/mol. The highest BCUT2D eigenvalue weighted by molar-refractivity contribution is 7.89. The van der Waals surface area contributed by atoms with Crippen molar-refractivity contribution in [2.45, 2.75) is 70.0 Å². The number of carbonyl (C=O) groups excluding carboxylic acids is 1. The van der Waals surface area contributed by atoms with E-state index < -0.39 is 34.0 Å². The number of carbonyl (C=O) groups is 2. The number of unbranched alkanes of at least 4 members (excludes halogenated alkanes) is 1. The van der Waals surface area contributed by atoms with E-state index in [0.29, 0.717) is 47.5 Å². The van der Waals surface area contributed by atoms with Gasteiger partial charge >= 0.3 is 5.97 Å². The first-order valence-corrected chi connectivity index (χ1v) is 16.0. The molecular weight excluding hydrogens is 566 g/mol. The Bertz CT molecular complexity index is 1410. The molecule has 0 bridgehead atoms. The molecule has 0 radical (unpaired) electrons. The van der Waals surface area contributed by atoms with Gasteiger partial charge in [-0.15, -0.1) is 0 Å². The second kappa shape index (κ2) is 16.2. The molecule has 3 rings (SSSR count). The zero-order chi connectivity index (χ0) is 31.4.